The highest BCUT2D eigenvalue weighted by Crippen LogP contribution is 2.35. The molecule has 0 fully saturated rings. The zero-order valence-corrected chi connectivity index (χ0v) is 17.6. The second-order valence-electron chi connectivity index (χ2n) is 7.40. The summed E-state index contributed by atoms with van der Waals surface area (Å²) in [6.07, 6.45) is 0. The number of benzene rings is 2. The molecule has 0 aliphatic rings. The third-order valence-corrected chi connectivity index (χ3v) is 5.14. The van der Waals surface area contributed by atoms with E-state index in [9.17, 15) is 13.2 Å². The number of H-pyrrole nitrogens is 1. The quantitative estimate of drug-likeness (QED) is 0.603. The van der Waals surface area contributed by atoms with Gasteiger partial charge < -0.3 is 4.74 Å². The Labute approximate surface area is 173 Å². The Morgan fingerprint density at radius 1 is 1.03 bits per heavy atom. The van der Waals surface area contributed by atoms with Crippen LogP contribution in [0.4, 0.5) is 0 Å². The summed E-state index contributed by atoms with van der Waals surface area (Å²) in [5.74, 6) is -0.553. The summed E-state index contributed by atoms with van der Waals surface area (Å²) in [4.78, 5) is 12.7. The van der Waals surface area contributed by atoms with Crippen LogP contribution in [-0.4, -0.2) is 30.2 Å². The molecule has 0 radical (unpaired) electrons. The molecule has 1 aromatic heterocycles. The minimum atomic E-state index is -3.81. The average molecular weight is 434 g/mol. The van der Waals surface area contributed by atoms with Gasteiger partial charge in [0.15, 0.2) is 5.69 Å². The number of hydrogen-bond donors (Lipinski definition) is 2. The van der Waals surface area contributed by atoms with Crippen LogP contribution in [0.25, 0.3) is 22.4 Å². The summed E-state index contributed by atoms with van der Waals surface area (Å²) in [5, 5.41) is 12.8. The van der Waals surface area contributed by atoms with Crippen LogP contribution in [0, 0.1) is 0 Å². The van der Waals surface area contributed by atoms with Gasteiger partial charge in [-0.15, -0.1) is 0 Å². The maximum atomic E-state index is 12.7. The number of primary sulfonamides is 1. The molecular weight excluding hydrogens is 414 g/mol. The van der Waals surface area contributed by atoms with E-state index in [4.69, 9.17) is 21.5 Å². The van der Waals surface area contributed by atoms with E-state index < -0.39 is 21.6 Å². The van der Waals surface area contributed by atoms with E-state index in [0.29, 0.717) is 27.4 Å². The zero-order chi connectivity index (χ0) is 21.4. The fourth-order valence-electron chi connectivity index (χ4n) is 2.73. The monoisotopic (exact) mass is 433 g/mol. The largest absolute Gasteiger partial charge is 0.455 e. The van der Waals surface area contributed by atoms with Gasteiger partial charge in [0, 0.05) is 16.1 Å². The summed E-state index contributed by atoms with van der Waals surface area (Å²) in [6, 6.07) is 12.9. The van der Waals surface area contributed by atoms with E-state index in [2.05, 4.69) is 10.2 Å². The van der Waals surface area contributed by atoms with Crippen LogP contribution in [0.5, 0.6) is 0 Å². The van der Waals surface area contributed by atoms with Crippen molar-refractivity contribution in [3.05, 3.63) is 59.2 Å². The summed E-state index contributed by atoms with van der Waals surface area (Å²) in [7, 11) is -3.81. The van der Waals surface area contributed by atoms with Crippen molar-refractivity contribution in [2.75, 3.05) is 0 Å². The summed E-state index contributed by atoms with van der Waals surface area (Å²) < 4.78 is 28.5. The van der Waals surface area contributed by atoms with Crippen LogP contribution in [0.3, 0.4) is 0 Å². The van der Waals surface area contributed by atoms with Crippen molar-refractivity contribution in [3.63, 3.8) is 0 Å². The number of hydrogen-bond acceptors (Lipinski definition) is 5. The van der Waals surface area contributed by atoms with Crippen LogP contribution in [0.15, 0.2) is 53.4 Å². The van der Waals surface area contributed by atoms with Gasteiger partial charge in [-0.25, -0.2) is 18.4 Å². The lowest BCUT2D eigenvalue weighted by Crippen LogP contribution is -2.24. The Bertz CT molecular complexity index is 1150. The van der Waals surface area contributed by atoms with Crippen molar-refractivity contribution in [2.24, 2.45) is 5.14 Å². The first-order valence-corrected chi connectivity index (χ1v) is 10.6. The molecular formula is C20H20ClN3O4S. The molecule has 0 saturated heterocycles. The molecule has 0 amide bonds. The molecule has 0 bridgehead atoms. The summed E-state index contributed by atoms with van der Waals surface area (Å²) in [5.41, 5.74) is 1.81. The maximum absolute atomic E-state index is 12.7. The molecule has 3 rings (SSSR count). The number of sulfonamides is 1. The van der Waals surface area contributed by atoms with Gasteiger partial charge in [0.1, 0.15) is 11.3 Å². The normalized spacial score (nSPS) is 12.0. The first-order chi connectivity index (χ1) is 13.5. The molecule has 7 nitrogen and oxygen atoms in total. The van der Waals surface area contributed by atoms with Gasteiger partial charge in [-0.1, -0.05) is 35.9 Å². The van der Waals surface area contributed by atoms with Crippen LogP contribution >= 0.6 is 11.6 Å². The fraction of sp³-hybridized carbons (Fsp3) is 0.200. The molecule has 0 saturated carbocycles. The number of ether oxygens (including phenoxy) is 1. The minimum Gasteiger partial charge on any atom is -0.455 e. The molecule has 0 spiro atoms. The Morgan fingerprint density at radius 3 is 2.10 bits per heavy atom. The fourth-order valence-corrected chi connectivity index (χ4v) is 3.37. The maximum Gasteiger partial charge on any atom is 0.357 e. The lowest BCUT2D eigenvalue weighted by Gasteiger charge is -2.19. The Hall–Kier alpha value is -2.68. The molecule has 3 N–H and O–H groups in total. The van der Waals surface area contributed by atoms with Crippen molar-refractivity contribution in [3.8, 4) is 22.4 Å². The highest BCUT2D eigenvalue weighted by Gasteiger charge is 2.26. The second-order valence-corrected chi connectivity index (χ2v) is 9.40. The number of esters is 1. The van der Waals surface area contributed by atoms with Gasteiger partial charge >= 0.3 is 5.97 Å². The van der Waals surface area contributed by atoms with Crippen LogP contribution < -0.4 is 5.14 Å². The van der Waals surface area contributed by atoms with Gasteiger partial charge in [-0.3, -0.25) is 5.10 Å². The lowest BCUT2D eigenvalue weighted by atomic mass is 9.99. The number of carbonyl (C=O) groups is 1. The minimum absolute atomic E-state index is 0.0165. The molecule has 9 heteroatoms. The first-order valence-electron chi connectivity index (χ1n) is 8.66. The van der Waals surface area contributed by atoms with Gasteiger partial charge in [0.25, 0.3) is 0 Å². The Morgan fingerprint density at radius 2 is 1.59 bits per heavy atom. The molecule has 1 heterocycles. The molecule has 2 aromatic carbocycles. The number of nitrogens with zero attached hydrogens (tertiary/aromatic N) is 1. The standard InChI is InChI=1S/C20H20ClN3O4S/c1-20(2,3)28-19(25)18-16(12-4-8-14(21)9-5-12)17(23-24-18)13-6-10-15(11-7-13)29(22,26)27/h4-11H,1-3H3,(H,23,24)(H2,22,26,27). The van der Waals surface area contributed by atoms with Gasteiger partial charge in [-0.05, 0) is 50.6 Å². The van der Waals surface area contributed by atoms with E-state index in [-0.39, 0.29) is 10.6 Å². The number of carbonyl (C=O) groups excluding carboxylic acids is 1. The molecule has 29 heavy (non-hydrogen) atoms. The van der Waals surface area contributed by atoms with Crippen molar-refractivity contribution >= 4 is 27.6 Å². The molecule has 152 valence electrons. The number of nitrogens with two attached hydrogens (primary N) is 1. The molecule has 0 unspecified atom stereocenters. The topological polar surface area (TPSA) is 115 Å². The van der Waals surface area contributed by atoms with Crippen LogP contribution in [-0.2, 0) is 14.8 Å². The number of halogens is 1. The van der Waals surface area contributed by atoms with Crippen LogP contribution in [0.1, 0.15) is 31.3 Å². The third kappa shape index (κ3) is 4.84. The summed E-state index contributed by atoms with van der Waals surface area (Å²) in [6.45, 7) is 5.32. The molecule has 3 aromatic rings. The van der Waals surface area contributed by atoms with E-state index >= 15 is 0 Å². The number of nitrogens with one attached hydrogen (secondary N) is 1. The average Bonchev–Trinajstić information content (AvgIpc) is 3.05. The second kappa shape index (κ2) is 7.62. The Balaban J connectivity index is 2.15. The highest BCUT2D eigenvalue weighted by atomic mass is 35.5. The van der Waals surface area contributed by atoms with Crippen molar-refractivity contribution in [2.45, 2.75) is 31.3 Å². The number of aromatic nitrogens is 2. The molecule has 0 atom stereocenters. The molecule has 0 aliphatic carbocycles. The molecule has 0 aliphatic heterocycles. The van der Waals surface area contributed by atoms with Gasteiger partial charge in [0.05, 0.1) is 4.90 Å². The zero-order valence-electron chi connectivity index (χ0n) is 16.1. The lowest BCUT2D eigenvalue weighted by molar-refractivity contribution is 0.00637. The van der Waals surface area contributed by atoms with Crippen molar-refractivity contribution in [1.29, 1.82) is 0 Å². The van der Waals surface area contributed by atoms with Crippen LogP contribution in [0.2, 0.25) is 5.02 Å². The number of rotatable bonds is 4. The van der Waals surface area contributed by atoms with E-state index in [0.717, 1.165) is 0 Å². The predicted molar refractivity (Wildman–Crippen MR) is 111 cm³/mol. The smallest absolute Gasteiger partial charge is 0.357 e. The highest BCUT2D eigenvalue weighted by molar-refractivity contribution is 7.89. The predicted octanol–water partition coefficient (Wildman–Crippen LogP) is 4.00. The van der Waals surface area contributed by atoms with Crippen molar-refractivity contribution < 1.29 is 17.9 Å². The van der Waals surface area contributed by atoms with Gasteiger partial charge in [-0.2, -0.15) is 5.10 Å². The summed E-state index contributed by atoms with van der Waals surface area (Å²) >= 11 is 6.00. The first kappa shape index (κ1) is 21.0. The SMILES string of the molecule is CC(C)(C)OC(=O)c1[nH]nc(-c2ccc(S(N)(=O)=O)cc2)c1-c1ccc(Cl)cc1. The van der Waals surface area contributed by atoms with E-state index in [1.165, 1.54) is 12.1 Å². The number of aromatic amines is 1. The van der Waals surface area contributed by atoms with Gasteiger partial charge in [0.2, 0.25) is 10.0 Å². The third-order valence-electron chi connectivity index (χ3n) is 3.96. The Kier molecular flexibility index (Phi) is 5.53. The van der Waals surface area contributed by atoms with E-state index in [1.807, 2.05) is 0 Å². The van der Waals surface area contributed by atoms with E-state index in [1.54, 1.807) is 57.2 Å². The van der Waals surface area contributed by atoms with Crippen molar-refractivity contribution in [1.82, 2.24) is 10.2 Å².